The maximum atomic E-state index is 13.0. The van der Waals surface area contributed by atoms with Gasteiger partial charge in [-0.25, -0.2) is 19.6 Å². The van der Waals surface area contributed by atoms with E-state index in [9.17, 15) is 9.59 Å². The molecule has 186 valence electrons. The fourth-order valence-electron chi connectivity index (χ4n) is 3.88. The molecule has 0 amide bonds. The van der Waals surface area contributed by atoms with Gasteiger partial charge in [-0.15, -0.1) is 0 Å². The molecule has 6 heteroatoms. The molecule has 0 atom stereocenters. The van der Waals surface area contributed by atoms with E-state index in [4.69, 9.17) is 19.4 Å². The lowest BCUT2D eigenvalue weighted by Crippen LogP contribution is -2.11. The molecule has 0 spiro atoms. The van der Waals surface area contributed by atoms with E-state index in [1.807, 2.05) is 48.5 Å². The molecule has 0 aliphatic rings. The average Bonchev–Trinajstić information content (AvgIpc) is 2.86. The Morgan fingerprint density at radius 3 is 1.44 bits per heavy atom. The molecular formula is C30H32N2O4. The Kier molecular flexibility index (Phi) is 7.93. The number of pyridine rings is 2. The average molecular weight is 485 g/mol. The minimum Gasteiger partial charge on any atom is -0.462 e. The summed E-state index contributed by atoms with van der Waals surface area (Å²) in [5, 5.41) is 1.43. The Bertz CT molecular complexity index is 1290. The summed E-state index contributed by atoms with van der Waals surface area (Å²) >= 11 is 0. The Hall–Kier alpha value is -3.80. The second kappa shape index (κ2) is 11.3. The quantitative estimate of drug-likeness (QED) is 0.242. The normalized spacial score (nSPS) is 11.4. The smallest absolute Gasteiger partial charge is 0.338 e. The van der Waals surface area contributed by atoms with Crippen molar-refractivity contribution < 1.29 is 19.1 Å². The summed E-state index contributed by atoms with van der Waals surface area (Å²) in [5.74, 6) is 0.0698. The van der Waals surface area contributed by atoms with E-state index in [1.54, 1.807) is 12.1 Å². The van der Waals surface area contributed by atoms with E-state index in [0.717, 1.165) is 12.8 Å². The topological polar surface area (TPSA) is 78.4 Å². The van der Waals surface area contributed by atoms with Crippen LogP contribution in [0.2, 0.25) is 0 Å². The van der Waals surface area contributed by atoms with Gasteiger partial charge in [-0.2, -0.15) is 0 Å². The van der Waals surface area contributed by atoms with Crippen molar-refractivity contribution in [1.82, 2.24) is 9.97 Å². The zero-order valence-electron chi connectivity index (χ0n) is 21.3. The minimum absolute atomic E-state index is 0.350. The van der Waals surface area contributed by atoms with Crippen molar-refractivity contribution in [2.75, 3.05) is 13.2 Å². The first kappa shape index (κ1) is 25.3. The van der Waals surface area contributed by atoms with Crippen LogP contribution in [-0.2, 0) is 9.47 Å². The molecule has 0 aliphatic heterocycles. The van der Waals surface area contributed by atoms with Crippen molar-refractivity contribution in [2.45, 2.75) is 40.5 Å². The van der Waals surface area contributed by atoms with Gasteiger partial charge in [-0.1, -0.05) is 64.1 Å². The van der Waals surface area contributed by atoms with Crippen LogP contribution >= 0.6 is 0 Å². The van der Waals surface area contributed by atoms with Gasteiger partial charge in [-0.3, -0.25) is 0 Å². The maximum absolute atomic E-state index is 13.0. The van der Waals surface area contributed by atoms with E-state index in [-0.39, 0.29) is 0 Å². The minimum atomic E-state index is -0.399. The zero-order chi connectivity index (χ0) is 25.7. The molecule has 0 N–H and O–H groups in total. The van der Waals surface area contributed by atoms with Gasteiger partial charge in [0.2, 0.25) is 0 Å². The van der Waals surface area contributed by atoms with E-state index in [0.29, 0.717) is 69.4 Å². The fourth-order valence-corrected chi connectivity index (χ4v) is 3.88. The third kappa shape index (κ3) is 5.88. The SMILES string of the molecule is CC(C)CCOC(=O)c1cc(-c2cc(C(=O)OCCC(C)C)c3ccccc3n2)nc2ccccc12. The van der Waals surface area contributed by atoms with Crippen molar-refractivity contribution in [3.63, 3.8) is 0 Å². The molecule has 4 rings (SSSR count). The number of carbonyl (C=O) groups excluding carboxylic acids is 2. The molecular weight excluding hydrogens is 452 g/mol. The summed E-state index contributed by atoms with van der Waals surface area (Å²) in [6.07, 6.45) is 1.58. The molecule has 0 saturated heterocycles. The summed E-state index contributed by atoms with van der Waals surface area (Å²) in [7, 11) is 0. The first-order valence-corrected chi connectivity index (χ1v) is 12.5. The van der Waals surface area contributed by atoms with E-state index >= 15 is 0 Å². The van der Waals surface area contributed by atoms with Crippen LogP contribution in [0.1, 0.15) is 61.3 Å². The van der Waals surface area contributed by atoms with Crippen LogP contribution in [0.15, 0.2) is 60.7 Å². The first-order chi connectivity index (χ1) is 17.3. The molecule has 0 fully saturated rings. The molecule has 4 aromatic rings. The van der Waals surface area contributed by atoms with Crippen LogP contribution < -0.4 is 0 Å². The highest BCUT2D eigenvalue weighted by molar-refractivity contribution is 6.06. The Labute approximate surface area is 211 Å². The molecule has 36 heavy (non-hydrogen) atoms. The van der Waals surface area contributed by atoms with Crippen molar-refractivity contribution in [1.29, 1.82) is 0 Å². The molecule has 0 aliphatic carbocycles. The maximum Gasteiger partial charge on any atom is 0.338 e. The molecule has 6 nitrogen and oxygen atoms in total. The lowest BCUT2D eigenvalue weighted by Gasteiger charge is -2.13. The summed E-state index contributed by atoms with van der Waals surface area (Å²) in [6.45, 7) is 9.05. The number of nitrogens with zero attached hydrogens (tertiary/aromatic N) is 2. The Morgan fingerprint density at radius 2 is 1.06 bits per heavy atom. The monoisotopic (exact) mass is 484 g/mol. The van der Waals surface area contributed by atoms with E-state index in [1.165, 1.54) is 0 Å². The molecule has 0 bridgehead atoms. The Balaban J connectivity index is 1.77. The van der Waals surface area contributed by atoms with Gasteiger partial charge >= 0.3 is 11.9 Å². The number of esters is 2. The van der Waals surface area contributed by atoms with Crippen LogP contribution in [0.25, 0.3) is 33.2 Å². The summed E-state index contributed by atoms with van der Waals surface area (Å²) in [5.41, 5.74) is 3.15. The van der Waals surface area contributed by atoms with Crippen molar-refractivity contribution in [3.8, 4) is 11.4 Å². The van der Waals surface area contributed by atoms with Gasteiger partial charge in [0.1, 0.15) is 0 Å². The van der Waals surface area contributed by atoms with Gasteiger partial charge in [0, 0.05) is 10.8 Å². The van der Waals surface area contributed by atoms with Crippen molar-refractivity contribution in [3.05, 3.63) is 71.8 Å². The number of rotatable bonds is 9. The van der Waals surface area contributed by atoms with Crippen LogP contribution in [0.3, 0.4) is 0 Å². The third-order valence-electron chi connectivity index (χ3n) is 5.99. The highest BCUT2D eigenvalue weighted by Crippen LogP contribution is 2.28. The van der Waals surface area contributed by atoms with Gasteiger partial charge < -0.3 is 9.47 Å². The third-order valence-corrected chi connectivity index (χ3v) is 5.99. The highest BCUT2D eigenvalue weighted by atomic mass is 16.5. The van der Waals surface area contributed by atoms with Gasteiger partial charge in [0.05, 0.1) is 46.8 Å². The lowest BCUT2D eigenvalue weighted by atomic mass is 10.0. The van der Waals surface area contributed by atoms with Gasteiger partial charge in [0.25, 0.3) is 0 Å². The predicted octanol–water partition coefficient (Wildman–Crippen LogP) is 6.86. The first-order valence-electron chi connectivity index (χ1n) is 12.5. The summed E-state index contributed by atoms with van der Waals surface area (Å²) < 4.78 is 11.1. The number of para-hydroxylation sites is 2. The summed E-state index contributed by atoms with van der Waals surface area (Å²) in [4.78, 5) is 35.6. The van der Waals surface area contributed by atoms with Gasteiger partial charge in [-0.05, 0) is 48.9 Å². The van der Waals surface area contributed by atoms with Crippen LogP contribution in [-0.4, -0.2) is 35.1 Å². The number of ether oxygens (including phenoxy) is 2. The van der Waals surface area contributed by atoms with E-state index < -0.39 is 11.9 Å². The Morgan fingerprint density at radius 1 is 0.667 bits per heavy atom. The summed E-state index contributed by atoms with van der Waals surface area (Å²) in [6, 6.07) is 18.3. The predicted molar refractivity (Wildman–Crippen MR) is 142 cm³/mol. The largest absolute Gasteiger partial charge is 0.462 e. The molecule has 0 radical (unpaired) electrons. The van der Waals surface area contributed by atoms with E-state index in [2.05, 4.69) is 27.7 Å². The number of hydrogen-bond acceptors (Lipinski definition) is 6. The number of benzene rings is 2. The number of aromatic nitrogens is 2. The second-order valence-electron chi connectivity index (χ2n) is 9.78. The molecule has 0 saturated carbocycles. The standard InChI is InChI=1S/C30H32N2O4/c1-19(2)13-15-35-29(33)23-17-27(31-25-11-7-5-9-21(23)25)28-18-24(30(34)36-16-14-20(3)4)22-10-6-8-12-26(22)32-28/h5-12,17-20H,13-16H2,1-4H3. The fraction of sp³-hybridized carbons (Fsp3) is 0.333. The highest BCUT2D eigenvalue weighted by Gasteiger charge is 2.19. The van der Waals surface area contributed by atoms with Gasteiger partial charge in [0.15, 0.2) is 0 Å². The zero-order valence-corrected chi connectivity index (χ0v) is 21.3. The molecule has 2 heterocycles. The van der Waals surface area contributed by atoms with Crippen LogP contribution in [0.5, 0.6) is 0 Å². The number of hydrogen-bond donors (Lipinski definition) is 0. The second-order valence-corrected chi connectivity index (χ2v) is 9.78. The van der Waals surface area contributed by atoms with Crippen molar-refractivity contribution >= 4 is 33.7 Å². The van der Waals surface area contributed by atoms with Crippen LogP contribution in [0, 0.1) is 11.8 Å². The molecule has 0 unspecified atom stereocenters. The molecule has 2 aromatic heterocycles. The molecule has 2 aromatic carbocycles. The van der Waals surface area contributed by atoms with Crippen LogP contribution in [0.4, 0.5) is 0 Å². The number of carbonyl (C=O) groups is 2. The number of fused-ring (bicyclic) bond motifs is 2. The van der Waals surface area contributed by atoms with Crippen molar-refractivity contribution in [2.24, 2.45) is 11.8 Å². The lowest BCUT2D eigenvalue weighted by molar-refractivity contribution is 0.0480.